The molecule has 0 spiro atoms. The van der Waals surface area contributed by atoms with Crippen molar-refractivity contribution in [2.24, 2.45) is 5.73 Å². The van der Waals surface area contributed by atoms with Gasteiger partial charge in [0.15, 0.2) is 0 Å². The molecule has 0 aliphatic rings. The third kappa shape index (κ3) is 9.58. The normalized spacial score (nSPS) is 13.4. The molecule has 0 heterocycles. The van der Waals surface area contributed by atoms with Crippen LogP contribution in [0.3, 0.4) is 0 Å². The van der Waals surface area contributed by atoms with Crippen LogP contribution in [0.15, 0.2) is 24.3 Å². The van der Waals surface area contributed by atoms with E-state index in [0.29, 0.717) is 5.56 Å². The second kappa shape index (κ2) is 12.1. The Morgan fingerprint density at radius 3 is 2.10 bits per heavy atom. The van der Waals surface area contributed by atoms with Crippen LogP contribution in [0, 0.1) is 0 Å². The van der Waals surface area contributed by atoms with Crippen LogP contribution >= 0.6 is 0 Å². The molecule has 0 fully saturated rings. The number of benzene rings is 1. The summed E-state index contributed by atoms with van der Waals surface area (Å²) in [6.45, 7) is 0.971. The Balaban J connectivity index is 2.91. The maximum absolute atomic E-state index is 12.7. The van der Waals surface area contributed by atoms with Gasteiger partial charge < -0.3 is 37.0 Å². The summed E-state index contributed by atoms with van der Waals surface area (Å²) in [5.41, 5.74) is 5.94. The lowest BCUT2D eigenvalue weighted by atomic mass is 10.0. The highest BCUT2D eigenvalue weighted by Crippen LogP contribution is 2.12. The van der Waals surface area contributed by atoms with Gasteiger partial charge in [-0.3, -0.25) is 19.2 Å². The quantitative estimate of drug-likeness (QED) is 0.198. The molecule has 8 N–H and O–H groups in total. The molecule has 0 aliphatic carbocycles. The summed E-state index contributed by atoms with van der Waals surface area (Å²) in [5.74, 6) is -4.79. The SMILES string of the molecule is CC(N)C(=O)NCC(=O)NC(Cc1ccc(O)cc1)C(=O)NC(CCC(=O)O)C(=O)O. The van der Waals surface area contributed by atoms with Crippen LogP contribution in [-0.4, -0.2) is 69.7 Å². The number of nitrogens with one attached hydrogen (secondary N) is 3. The summed E-state index contributed by atoms with van der Waals surface area (Å²) in [5, 5.41) is 34.3. The fraction of sp³-hybridized carbons (Fsp3) is 0.421. The van der Waals surface area contributed by atoms with Gasteiger partial charge in [0, 0.05) is 12.8 Å². The highest BCUT2D eigenvalue weighted by Gasteiger charge is 2.27. The van der Waals surface area contributed by atoms with E-state index < -0.39 is 60.8 Å². The first-order valence-corrected chi connectivity index (χ1v) is 9.35. The highest BCUT2D eigenvalue weighted by atomic mass is 16.4. The lowest BCUT2D eigenvalue weighted by Gasteiger charge is -2.21. The van der Waals surface area contributed by atoms with Gasteiger partial charge in [0.05, 0.1) is 12.6 Å². The average molecular weight is 438 g/mol. The minimum absolute atomic E-state index is 0.00739. The predicted molar refractivity (Wildman–Crippen MR) is 107 cm³/mol. The molecular weight excluding hydrogens is 412 g/mol. The fourth-order valence-electron chi connectivity index (χ4n) is 2.45. The zero-order valence-electron chi connectivity index (χ0n) is 16.8. The predicted octanol–water partition coefficient (Wildman–Crippen LogP) is -1.68. The van der Waals surface area contributed by atoms with Crippen LogP contribution < -0.4 is 21.7 Å². The van der Waals surface area contributed by atoms with Crippen LogP contribution in [0.5, 0.6) is 5.75 Å². The van der Waals surface area contributed by atoms with Gasteiger partial charge in [0.25, 0.3) is 0 Å². The molecule has 0 saturated heterocycles. The van der Waals surface area contributed by atoms with E-state index in [1.165, 1.54) is 31.2 Å². The number of aromatic hydroxyl groups is 1. The number of carboxylic acid groups (broad SMARTS) is 2. The number of hydrogen-bond acceptors (Lipinski definition) is 7. The van der Waals surface area contributed by atoms with Gasteiger partial charge in [0.1, 0.15) is 17.8 Å². The van der Waals surface area contributed by atoms with E-state index in [2.05, 4.69) is 16.0 Å². The van der Waals surface area contributed by atoms with Crippen LogP contribution in [0.25, 0.3) is 0 Å². The molecule has 3 amide bonds. The molecular formula is C19H26N4O8. The van der Waals surface area contributed by atoms with E-state index in [0.717, 1.165) is 0 Å². The average Bonchev–Trinajstić information content (AvgIpc) is 2.69. The second-order valence-electron chi connectivity index (χ2n) is 6.83. The number of carbonyl (C=O) groups is 5. The Hall–Kier alpha value is -3.67. The second-order valence-corrected chi connectivity index (χ2v) is 6.83. The summed E-state index contributed by atoms with van der Waals surface area (Å²) in [6, 6.07) is 2.24. The maximum atomic E-state index is 12.7. The molecule has 12 heteroatoms. The number of phenols is 1. The molecule has 0 aliphatic heterocycles. The third-order valence-electron chi connectivity index (χ3n) is 4.13. The molecule has 1 aromatic carbocycles. The smallest absolute Gasteiger partial charge is 0.326 e. The molecule has 12 nitrogen and oxygen atoms in total. The van der Waals surface area contributed by atoms with E-state index in [4.69, 9.17) is 10.8 Å². The molecule has 170 valence electrons. The summed E-state index contributed by atoms with van der Waals surface area (Å²) in [4.78, 5) is 58.4. The number of rotatable bonds is 12. The van der Waals surface area contributed by atoms with E-state index >= 15 is 0 Å². The van der Waals surface area contributed by atoms with Gasteiger partial charge in [-0.05, 0) is 31.0 Å². The van der Waals surface area contributed by atoms with Crippen molar-refractivity contribution in [3.63, 3.8) is 0 Å². The van der Waals surface area contributed by atoms with Crippen molar-refractivity contribution in [3.8, 4) is 5.75 Å². The van der Waals surface area contributed by atoms with Gasteiger partial charge in [-0.2, -0.15) is 0 Å². The lowest BCUT2D eigenvalue weighted by molar-refractivity contribution is -0.143. The van der Waals surface area contributed by atoms with Gasteiger partial charge >= 0.3 is 11.9 Å². The molecule has 3 atom stereocenters. The number of nitrogens with two attached hydrogens (primary N) is 1. The van der Waals surface area contributed by atoms with Crippen LogP contribution in [0.2, 0.25) is 0 Å². The molecule has 3 unspecified atom stereocenters. The summed E-state index contributed by atoms with van der Waals surface area (Å²) in [6.07, 6.45) is -0.874. The van der Waals surface area contributed by atoms with Crippen molar-refractivity contribution in [1.29, 1.82) is 0 Å². The number of hydrogen-bond donors (Lipinski definition) is 7. The Bertz CT molecular complexity index is 810. The van der Waals surface area contributed by atoms with Crippen molar-refractivity contribution in [1.82, 2.24) is 16.0 Å². The molecule has 1 rings (SSSR count). The van der Waals surface area contributed by atoms with Gasteiger partial charge in [-0.15, -0.1) is 0 Å². The summed E-state index contributed by atoms with van der Waals surface area (Å²) < 4.78 is 0. The van der Waals surface area contributed by atoms with Crippen molar-refractivity contribution in [3.05, 3.63) is 29.8 Å². The van der Waals surface area contributed by atoms with E-state index in [-0.39, 0.29) is 18.6 Å². The molecule has 0 aromatic heterocycles. The summed E-state index contributed by atoms with van der Waals surface area (Å²) >= 11 is 0. The van der Waals surface area contributed by atoms with Crippen molar-refractivity contribution in [2.45, 2.75) is 44.3 Å². The Labute approximate surface area is 177 Å². The third-order valence-corrected chi connectivity index (χ3v) is 4.13. The van der Waals surface area contributed by atoms with Crippen molar-refractivity contribution in [2.75, 3.05) is 6.54 Å². The topological polar surface area (TPSA) is 208 Å². The maximum Gasteiger partial charge on any atom is 0.326 e. The van der Waals surface area contributed by atoms with E-state index in [1.54, 1.807) is 0 Å². The standard InChI is InChI=1S/C19H26N4O8/c1-10(20)17(28)21-9-15(25)22-14(8-11-2-4-12(24)5-3-11)18(29)23-13(19(30)31)6-7-16(26)27/h2-5,10,13-14,24H,6-9,20H2,1H3,(H,21,28)(H,22,25)(H,23,29)(H,26,27)(H,30,31). The Morgan fingerprint density at radius 2 is 1.58 bits per heavy atom. The minimum Gasteiger partial charge on any atom is -0.508 e. The van der Waals surface area contributed by atoms with Crippen LogP contribution in [-0.2, 0) is 30.4 Å². The molecule has 0 radical (unpaired) electrons. The zero-order valence-corrected chi connectivity index (χ0v) is 16.8. The highest BCUT2D eigenvalue weighted by molar-refractivity contribution is 5.92. The van der Waals surface area contributed by atoms with Crippen LogP contribution in [0.1, 0.15) is 25.3 Å². The van der Waals surface area contributed by atoms with Gasteiger partial charge in [0.2, 0.25) is 17.7 Å². The first-order chi connectivity index (χ1) is 14.5. The zero-order chi connectivity index (χ0) is 23.6. The Kier molecular flexibility index (Phi) is 9.92. The lowest BCUT2D eigenvalue weighted by Crippen LogP contribution is -2.54. The number of phenolic OH excluding ortho intramolecular Hbond substituents is 1. The van der Waals surface area contributed by atoms with E-state index in [1.807, 2.05) is 0 Å². The first-order valence-electron chi connectivity index (χ1n) is 9.35. The molecule has 0 bridgehead atoms. The number of aliphatic carboxylic acids is 2. The van der Waals surface area contributed by atoms with Gasteiger partial charge in [-0.25, -0.2) is 4.79 Å². The monoisotopic (exact) mass is 438 g/mol. The number of carboxylic acids is 2. The fourth-order valence-corrected chi connectivity index (χ4v) is 2.45. The Morgan fingerprint density at radius 1 is 0.968 bits per heavy atom. The molecule has 1 aromatic rings. The van der Waals surface area contributed by atoms with Gasteiger partial charge in [-0.1, -0.05) is 12.1 Å². The first kappa shape index (κ1) is 25.4. The number of amides is 3. The molecule has 31 heavy (non-hydrogen) atoms. The molecule has 0 saturated carbocycles. The number of carbonyl (C=O) groups excluding carboxylic acids is 3. The van der Waals surface area contributed by atoms with Crippen molar-refractivity contribution < 1.29 is 39.3 Å². The summed E-state index contributed by atoms with van der Waals surface area (Å²) in [7, 11) is 0. The largest absolute Gasteiger partial charge is 0.508 e. The van der Waals surface area contributed by atoms with Crippen LogP contribution in [0.4, 0.5) is 0 Å². The van der Waals surface area contributed by atoms with E-state index in [9.17, 15) is 34.2 Å². The minimum atomic E-state index is -1.47. The van der Waals surface area contributed by atoms with Crippen molar-refractivity contribution >= 4 is 29.7 Å².